The summed E-state index contributed by atoms with van der Waals surface area (Å²) in [5, 5.41) is 0.759. The standard InChI is InChI=1S/C18H17FN2OS2/c19-11-7-9-12(10-8-11)21-17(22)15-13-5-3-1-2-4-6-14(13)24-16(15)20-18(21)23/h7-10H,1-6H2,(H,20,23). The van der Waals surface area contributed by atoms with E-state index in [1.165, 1.54) is 46.4 Å². The zero-order chi connectivity index (χ0) is 16.7. The van der Waals surface area contributed by atoms with Crippen LogP contribution in [0.1, 0.15) is 36.1 Å². The second-order valence-electron chi connectivity index (χ2n) is 6.17. The molecule has 0 aliphatic heterocycles. The predicted octanol–water partition coefficient (Wildman–Crippen LogP) is 4.91. The molecule has 24 heavy (non-hydrogen) atoms. The molecule has 0 fully saturated rings. The number of H-pyrrole nitrogens is 1. The van der Waals surface area contributed by atoms with E-state index in [0.717, 1.165) is 29.5 Å². The molecule has 0 unspecified atom stereocenters. The second kappa shape index (κ2) is 6.26. The quantitative estimate of drug-likeness (QED) is 0.626. The van der Waals surface area contributed by atoms with Gasteiger partial charge in [-0.25, -0.2) is 4.39 Å². The van der Waals surface area contributed by atoms with Crippen molar-refractivity contribution in [3.8, 4) is 5.69 Å². The van der Waals surface area contributed by atoms with Crippen LogP contribution in [0.25, 0.3) is 15.9 Å². The fourth-order valence-corrected chi connectivity index (χ4v) is 5.05. The third kappa shape index (κ3) is 2.63. The van der Waals surface area contributed by atoms with Crippen LogP contribution in [0.3, 0.4) is 0 Å². The first-order valence-electron chi connectivity index (χ1n) is 8.20. The van der Waals surface area contributed by atoms with Gasteiger partial charge in [0.05, 0.1) is 11.1 Å². The molecule has 0 saturated heterocycles. The SMILES string of the molecule is O=c1c2c3c(sc2[nH]c(=S)n1-c1ccc(F)cc1)CCCCCC3. The minimum atomic E-state index is -0.330. The number of aromatic nitrogens is 2. The number of nitrogens with zero attached hydrogens (tertiary/aromatic N) is 1. The third-order valence-electron chi connectivity index (χ3n) is 4.60. The molecule has 6 heteroatoms. The average Bonchev–Trinajstić information content (AvgIpc) is 2.86. The van der Waals surface area contributed by atoms with Crippen LogP contribution in [-0.2, 0) is 12.8 Å². The van der Waals surface area contributed by atoms with E-state index < -0.39 is 0 Å². The van der Waals surface area contributed by atoms with E-state index in [1.54, 1.807) is 23.5 Å². The summed E-state index contributed by atoms with van der Waals surface area (Å²) in [7, 11) is 0. The Morgan fingerprint density at radius 3 is 2.54 bits per heavy atom. The Morgan fingerprint density at radius 1 is 1.08 bits per heavy atom. The minimum absolute atomic E-state index is 0.0987. The molecule has 0 amide bonds. The van der Waals surface area contributed by atoms with Gasteiger partial charge in [-0.3, -0.25) is 9.36 Å². The summed E-state index contributed by atoms with van der Waals surface area (Å²) in [5.74, 6) is -0.330. The van der Waals surface area contributed by atoms with Crippen LogP contribution in [0.4, 0.5) is 4.39 Å². The molecule has 124 valence electrons. The minimum Gasteiger partial charge on any atom is -0.323 e. The highest BCUT2D eigenvalue weighted by Gasteiger charge is 2.19. The Labute approximate surface area is 147 Å². The molecule has 0 radical (unpaired) electrons. The van der Waals surface area contributed by atoms with Crippen LogP contribution < -0.4 is 5.56 Å². The summed E-state index contributed by atoms with van der Waals surface area (Å²) in [6.45, 7) is 0. The molecule has 1 aromatic carbocycles. The molecule has 1 aliphatic carbocycles. The molecule has 0 spiro atoms. The molecule has 3 aromatic rings. The zero-order valence-electron chi connectivity index (χ0n) is 13.1. The van der Waals surface area contributed by atoms with E-state index >= 15 is 0 Å². The normalized spacial score (nSPS) is 15.0. The van der Waals surface area contributed by atoms with Crippen molar-refractivity contribution in [1.29, 1.82) is 0 Å². The molecule has 1 aliphatic rings. The van der Waals surface area contributed by atoms with Crippen LogP contribution in [-0.4, -0.2) is 9.55 Å². The van der Waals surface area contributed by atoms with Crippen LogP contribution in [0.15, 0.2) is 29.1 Å². The van der Waals surface area contributed by atoms with Gasteiger partial charge in [0.2, 0.25) is 0 Å². The average molecular weight is 360 g/mol. The number of fused-ring (bicyclic) bond motifs is 3. The Bertz CT molecular complexity index is 1010. The van der Waals surface area contributed by atoms with Crippen LogP contribution in [0, 0.1) is 10.6 Å². The predicted molar refractivity (Wildman–Crippen MR) is 98.4 cm³/mol. The molecule has 2 aromatic heterocycles. The van der Waals surface area contributed by atoms with Crippen molar-refractivity contribution >= 4 is 33.8 Å². The first kappa shape index (κ1) is 15.7. The first-order valence-corrected chi connectivity index (χ1v) is 9.43. The lowest BCUT2D eigenvalue weighted by molar-refractivity contribution is 0.623. The van der Waals surface area contributed by atoms with Gasteiger partial charge in [0.25, 0.3) is 5.56 Å². The van der Waals surface area contributed by atoms with E-state index in [9.17, 15) is 9.18 Å². The van der Waals surface area contributed by atoms with Gasteiger partial charge in [-0.05, 0) is 67.7 Å². The largest absolute Gasteiger partial charge is 0.323 e. The maximum Gasteiger partial charge on any atom is 0.267 e. The lowest BCUT2D eigenvalue weighted by Crippen LogP contribution is -2.20. The van der Waals surface area contributed by atoms with Crippen molar-refractivity contribution in [3.05, 3.63) is 55.6 Å². The molecule has 0 atom stereocenters. The summed E-state index contributed by atoms with van der Waals surface area (Å²) < 4.78 is 15.0. The van der Waals surface area contributed by atoms with E-state index in [2.05, 4.69) is 4.98 Å². The Balaban J connectivity index is 1.99. The van der Waals surface area contributed by atoms with Gasteiger partial charge in [0.1, 0.15) is 10.6 Å². The number of rotatable bonds is 1. The molecule has 0 saturated carbocycles. The van der Waals surface area contributed by atoms with Gasteiger partial charge >= 0.3 is 0 Å². The molecule has 2 heterocycles. The summed E-state index contributed by atoms with van der Waals surface area (Å²) >= 11 is 7.06. The van der Waals surface area contributed by atoms with Crippen LogP contribution in [0.2, 0.25) is 0 Å². The Hall–Kier alpha value is -1.79. The zero-order valence-corrected chi connectivity index (χ0v) is 14.7. The molecule has 4 rings (SSSR count). The molecule has 1 N–H and O–H groups in total. The number of hydrogen-bond acceptors (Lipinski definition) is 3. The number of hydrogen-bond donors (Lipinski definition) is 1. The maximum atomic E-state index is 13.2. The monoisotopic (exact) mass is 360 g/mol. The summed E-state index contributed by atoms with van der Waals surface area (Å²) in [4.78, 5) is 18.5. The van der Waals surface area contributed by atoms with Gasteiger partial charge in [0.15, 0.2) is 4.77 Å². The first-order chi connectivity index (χ1) is 11.6. The van der Waals surface area contributed by atoms with Crippen molar-refractivity contribution in [3.63, 3.8) is 0 Å². The van der Waals surface area contributed by atoms with Crippen molar-refractivity contribution in [2.45, 2.75) is 38.5 Å². The smallest absolute Gasteiger partial charge is 0.267 e. The number of nitrogens with one attached hydrogen (secondary N) is 1. The van der Waals surface area contributed by atoms with Crippen LogP contribution >= 0.6 is 23.6 Å². The van der Waals surface area contributed by atoms with Gasteiger partial charge in [-0.15, -0.1) is 11.3 Å². The van der Waals surface area contributed by atoms with Crippen molar-refractivity contribution in [2.75, 3.05) is 0 Å². The number of halogens is 1. The van der Waals surface area contributed by atoms with Crippen LogP contribution in [0.5, 0.6) is 0 Å². The molecule has 3 nitrogen and oxygen atoms in total. The highest BCUT2D eigenvalue weighted by molar-refractivity contribution is 7.71. The van der Waals surface area contributed by atoms with E-state index in [-0.39, 0.29) is 11.4 Å². The number of thiophene rings is 1. The van der Waals surface area contributed by atoms with Gasteiger partial charge in [-0.2, -0.15) is 0 Å². The fraction of sp³-hybridized carbons (Fsp3) is 0.333. The third-order valence-corrected chi connectivity index (χ3v) is 6.09. The Morgan fingerprint density at radius 2 is 1.79 bits per heavy atom. The van der Waals surface area contributed by atoms with E-state index in [1.807, 2.05) is 0 Å². The van der Waals surface area contributed by atoms with E-state index in [4.69, 9.17) is 12.2 Å². The highest BCUT2D eigenvalue weighted by Crippen LogP contribution is 2.32. The van der Waals surface area contributed by atoms with Crippen molar-refractivity contribution < 1.29 is 4.39 Å². The number of aromatic amines is 1. The topological polar surface area (TPSA) is 37.8 Å². The maximum absolute atomic E-state index is 13.2. The fourth-order valence-electron chi connectivity index (χ4n) is 3.42. The molecular weight excluding hydrogens is 343 g/mol. The second-order valence-corrected chi connectivity index (χ2v) is 7.66. The Kier molecular flexibility index (Phi) is 4.10. The van der Waals surface area contributed by atoms with Crippen molar-refractivity contribution in [2.24, 2.45) is 0 Å². The number of benzene rings is 1. The molecular formula is C18H17FN2OS2. The lowest BCUT2D eigenvalue weighted by atomic mass is 9.98. The number of aryl methyl sites for hydroxylation is 2. The van der Waals surface area contributed by atoms with Gasteiger partial charge < -0.3 is 4.98 Å². The molecule has 0 bridgehead atoms. The van der Waals surface area contributed by atoms with Gasteiger partial charge in [0, 0.05) is 4.88 Å². The van der Waals surface area contributed by atoms with Gasteiger partial charge in [-0.1, -0.05) is 12.8 Å². The van der Waals surface area contributed by atoms with E-state index in [0.29, 0.717) is 10.5 Å². The lowest BCUT2D eigenvalue weighted by Gasteiger charge is -2.10. The highest BCUT2D eigenvalue weighted by atomic mass is 32.1. The summed E-state index contributed by atoms with van der Waals surface area (Å²) in [5.41, 5.74) is 1.68. The van der Waals surface area contributed by atoms with Crippen molar-refractivity contribution in [1.82, 2.24) is 9.55 Å². The summed E-state index contributed by atoms with van der Waals surface area (Å²) in [6, 6.07) is 5.86. The summed E-state index contributed by atoms with van der Waals surface area (Å²) in [6.07, 6.45) is 6.73.